The number of ether oxygens (including phenoxy) is 2. The van der Waals surface area contributed by atoms with Crippen LogP contribution in [0.15, 0.2) is 24.3 Å². The van der Waals surface area contributed by atoms with E-state index in [1.54, 1.807) is 14.2 Å². The molecule has 1 aromatic rings. The molecule has 3 nitrogen and oxygen atoms in total. The van der Waals surface area contributed by atoms with Crippen LogP contribution in [0.4, 0.5) is 0 Å². The maximum Gasteiger partial charge on any atom is 0.138 e. The van der Waals surface area contributed by atoms with Crippen molar-refractivity contribution in [3.8, 4) is 5.75 Å². The van der Waals surface area contributed by atoms with Gasteiger partial charge in [0.15, 0.2) is 0 Å². The summed E-state index contributed by atoms with van der Waals surface area (Å²) in [5.41, 5.74) is 2.36. The van der Waals surface area contributed by atoms with Gasteiger partial charge in [-0.05, 0) is 43.2 Å². The summed E-state index contributed by atoms with van der Waals surface area (Å²) >= 11 is 6.01. The van der Waals surface area contributed by atoms with Gasteiger partial charge in [-0.1, -0.05) is 23.7 Å². The van der Waals surface area contributed by atoms with E-state index in [4.69, 9.17) is 21.1 Å². The fraction of sp³-hybridized carbons (Fsp3) is 0.467. The highest BCUT2D eigenvalue weighted by molar-refractivity contribution is 6.32. The lowest BCUT2D eigenvalue weighted by Gasteiger charge is -2.07. The molecule has 1 rings (SSSR count). The van der Waals surface area contributed by atoms with Gasteiger partial charge in [-0.3, -0.25) is 0 Å². The van der Waals surface area contributed by atoms with E-state index in [1.807, 2.05) is 18.2 Å². The van der Waals surface area contributed by atoms with Crippen molar-refractivity contribution in [1.29, 1.82) is 0 Å². The molecule has 0 spiro atoms. The first-order valence-electron chi connectivity index (χ1n) is 6.39. The van der Waals surface area contributed by atoms with Gasteiger partial charge in [0.25, 0.3) is 0 Å². The fourth-order valence-electron chi connectivity index (χ4n) is 1.71. The van der Waals surface area contributed by atoms with Crippen molar-refractivity contribution >= 4 is 17.2 Å². The second kappa shape index (κ2) is 8.97. The summed E-state index contributed by atoms with van der Waals surface area (Å²) in [5, 5.41) is 3.95. The van der Waals surface area contributed by atoms with Gasteiger partial charge < -0.3 is 14.8 Å². The van der Waals surface area contributed by atoms with E-state index in [-0.39, 0.29) is 0 Å². The van der Waals surface area contributed by atoms with Gasteiger partial charge in [-0.2, -0.15) is 0 Å². The molecule has 0 aliphatic rings. The second-order valence-electron chi connectivity index (χ2n) is 4.27. The maximum absolute atomic E-state index is 6.01. The average Bonchev–Trinajstić information content (AvgIpc) is 2.43. The maximum atomic E-state index is 6.01. The predicted molar refractivity (Wildman–Crippen MR) is 81.0 cm³/mol. The summed E-state index contributed by atoms with van der Waals surface area (Å²) in [7, 11) is 3.34. The van der Waals surface area contributed by atoms with Gasteiger partial charge in [0.05, 0.1) is 18.7 Å². The molecule has 0 aromatic heterocycles. The van der Waals surface area contributed by atoms with Crippen LogP contribution < -0.4 is 10.1 Å². The Morgan fingerprint density at radius 1 is 1.32 bits per heavy atom. The van der Waals surface area contributed by atoms with Crippen molar-refractivity contribution in [1.82, 2.24) is 5.32 Å². The van der Waals surface area contributed by atoms with Crippen LogP contribution in [0.5, 0.6) is 5.75 Å². The second-order valence-corrected chi connectivity index (χ2v) is 4.68. The summed E-state index contributed by atoms with van der Waals surface area (Å²) in [6, 6.07) is 5.84. The molecular formula is C15H22ClNO2. The Labute approximate surface area is 120 Å². The fourth-order valence-corrected chi connectivity index (χ4v) is 1.91. The van der Waals surface area contributed by atoms with Crippen molar-refractivity contribution in [2.75, 3.05) is 33.9 Å². The standard InChI is InChI=1S/C15H22ClNO2/c1-12(5-4-8-17-9-10-18-2)13-6-7-14(16)15(11-13)19-3/h5-7,11,17H,4,8-10H2,1-3H3. The van der Waals surface area contributed by atoms with E-state index in [0.29, 0.717) is 10.8 Å². The monoisotopic (exact) mass is 283 g/mol. The van der Waals surface area contributed by atoms with Gasteiger partial charge in [-0.25, -0.2) is 0 Å². The lowest BCUT2D eigenvalue weighted by Crippen LogP contribution is -2.19. The number of allylic oxidation sites excluding steroid dienone is 1. The van der Waals surface area contributed by atoms with Crippen LogP contribution in [0.3, 0.4) is 0 Å². The molecule has 0 bridgehead atoms. The van der Waals surface area contributed by atoms with Gasteiger partial charge in [-0.15, -0.1) is 0 Å². The Kier molecular flexibility index (Phi) is 7.56. The molecule has 106 valence electrons. The van der Waals surface area contributed by atoms with Crippen LogP contribution in [-0.2, 0) is 4.74 Å². The first-order chi connectivity index (χ1) is 9.19. The summed E-state index contributed by atoms with van der Waals surface area (Å²) in [6.07, 6.45) is 3.20. The van der Waals surface area contributed by atoms with E-state index >= 15 is 0 Å². The molecule has 1 aromatic carbocycles. The van der Waals surface area contributed by atoms with Crippen LogP contribution in [-0.4, -0.2) is 33.9 Å². The summed E-state index contributed by atoms with van der Waals surface area (Å²) in [6.45, 7) is 4.68. The number of hydrogen-bond acceptors (Lipinski definition) is 3. The molecule has 0 fully saturated rings. The smallest absolute Gasteiger partial charge is 0.138 e. The van der Waals surface area contributed by atoms with E-state index < -0.39 is 0 Å². The largest absolute Gasteiger partial charge is 0.495 e. The quantitative estimate of drug-likeness (QED) is 0.742. The molecule has 0 aliphatic heterocycles. The molecular weight excluding hydrogens is 262 g/mol. The Hall–Kier alpha value is -1.03. The van der Waals surface area contributed by atoms with Crippen molar-refractivity contribution in [3.63, 3.8) is 0 Å². The molecule has 0 amide bonds. The third-order valence-electron chi connectivity index (χ3n) is 2.86. The van der Waals surface area contributed by atoms with Crippen LogP contribution in [0, 0.1) is 0 Å². The lowest BCUT2D eigenvalue weighted by molar-refractivity contribution is 0.199. The Morgan fingerprint density at radius 3 is 2.79 bits per heavy atom. The first kappa shape index (κ1) is 16.0. The number of hydrogen-bond donors (Lipinski definition) is 1. The summed E-state index contributed by atoms with van der Waals surface area (Å²) in [5.74, 6) is 0.713. The van der Waals surface area contributed by atoms with Crippen molar-refractivity contribution < 1.29 is 9.47 Å². The minimum Gasteiger partial charge on any atom is -0.495 e. The molecule has 0 atom stereocenters. The van der Waals surface area contributed by atoms with Gasteiger partial charge in [0.1, 0.15) is 5.75 Å². The van der Waals surface area contributed by atoms with Gasteiger partial charge in [0, 0.05) is 13.7 Å². The number of rotatable bonds is 8. The van der Waals surface area contributed by atoms with E-state index in [2.05, 4.69) is 18.3 Å². The van der Waals surface area contributed by atoms with Crippen LogP contribution in [0.2, 0.25) is 5.02 Å². The van der Waals surface area contributed by atoms with Crippen LogP contribution in [0.25, 0.3) is 5.57 Å². The third kappa shape index (κ3) is 5.64. The summed E-state index contributed by atoms with van der Waals surface area (Å²) in [4.78, 5) is 0. The predicted octanol–water partition coefficient (Wildman–Crippen LogP) is 3.38. The number of methoxy groups -OCH3 is 2. The number of benzene rings is 1. The zero-order valence-corrected chi connectivity index (χ0v) is 12.6. The first-order valence-corrected chi connectivity index (χ1v) is 6.77. The van der Waals surface area contributed by atoms with Crippen LogP contribution in [0.1, 0.15) is 18.9 Å². The van der Waals surface area contributed by atoms with Crippen LogP contribution >= 0.6 is 11.6 Å². The minimum absolute atomic E-state index is 0.639. The van der Waals surface area contributed by atoms with Gasteiger partial charge >= 0.3 is 0 Å². The number of nitrogens with one attached hydrogen (secondary N) is 1. The molecule has 0 unspecified atom stereocenters. The summed E-state index contributed by atoms with van der Waals surface area (Å²) < 4.78 is 10.2. The van der Waals surface area contributed by atoms with Gasteiger partial charge in [0.2, 0.25) is 0 Å². The minimum atomic E-state index is 0.639. The molecule has 1 N–H and O–H groups in total. The highest BCUT2D eigenvalue weighted by Gasteiger charge is 2.02. The third-order valence-corrected chi connectivity index (χ3v) is 3.17. The van der Waals surface area contributed by atoms with Crippen molar-refractivity contribution in [3.05, 3.63) is 34.9 Å². The normalized spacial score (nSPS) is 11.7. The lowest BCUT2D eigenvalue weighted by atomic mass is 10.1. The topological polar surface area (TPSA) is 30.5 Å². The highest BCUT2D eigenvalue weighted by atomic mass is 35.5. The highest BCUT2D eigenvalue weighted by Crippen LogP contribution is 2.28. The Morgan fingerprint density at radius 2 is 2.11 bits per heavy atom. The zero-order valence-electron chi connectivity index (χ0n) is 11.8. The Bertz CT molecular complexity index is 419. The van der Waals surface area contributed by atoms with Crippen molar-refractivity contribution in [2.45, 2.75) is 13.3 Å². The molecule has 0 saturated carbocycles. The SMILES string of the molecule is COCCNCCC=C(C)c1ccc(Cl)c(OC)c1. The Balaban J connectivity index is 2.50. The van der Waals surface area contributed by atoms with E-state index in [0.717, 1.165) is 31.7 Å². The molecule has 0 aliphatic carbocycles. The molecule has 4 heteroatoms. The average molecular weight is 284 g/mol. The molecule has 0 radical (unpaired) electrons. The zero-order chi connectivity index (χ0) is 14.1. The molecule has 0 heterocycles. The van der Waals surface area contributed by atoms with Crippen molar-refractivity contribution in [2.24, 2.45) is 0 Å². The van der Waals surface area contributed by atoms with E-state index in [9.17, 15) is 0 Å². The van der Waals surface area contributed by atoms with E-state index in [1.165, 1.54) is 5.57 Å². The molecule has 0 saturated heterocycles. The number of halogens is 1. The molecule has 19 heavy (non-hydrogen) atoms.